The number of carboxylic acid groups (broad SMARTS) is 1. The fraction of sp³-hybridized carbons (Fsp3) is 0.314. The maximum absolute atomic E-state index is 14.0. The highest BCUT2D eigenvalue weighted by molar-refractivity contribution is 5.95. The van der Waals surface area contributed by atoms with Gasteiger partial charge in [-0.3, -0.25) is 14.4 Å². The summed E-state index contributed by atoms with van der Waals surface area (Å²) in [4.78, 5) is 55.9. The van der Waals surface area contributed by atoms with Crippen molar-refractivity contribution in [3.8, 4) is 5.75 Å². The Morgan fingerprint density at radius 1 is 0.717 bits per heavy atom. The summed E-state index contributed by atoms with van der Waals surface area (Å²) in [5, 5.41) is 28.5. The molecule has 242 valence electrons. The number of carboxylic acids is 1. The second-order valence-corrected chi connectivity index (χ2v) is 11.9. The van der Waals surface area contributed by atoms with Gasteiger partial charge < -0.3 is 36.9 Å². The van der Waals surface area contributed by atoms with Gasteiger partial charge in [-0.2, -0.15) is 0 Å². The van der Waals surface area contributed by atoms with Crippen LogP contribution in [-0.2, 0) is 38.4 Å². The SMILES string of the molecule is CC(C)CC(NC(=O)C(Cc1ccc(O)cc1)NC(=O)C(Cc1c[nH]c2ccccc12)NC(=O)C(N)Cc1ccccc1)C(=O)O. The van der Waals surface area contributed by atoms with Gasteiger partial charge in [0.1, 0.15) is 23.9 Å². The maximum Gasteiger partial charge on any atom is 0.326 e. The monoisotopic (exact) mass is 627 g/mol. The van der Waals surface area contributed by atoms with E-state index in [1.54, 1.807) is 18.3 Å². The number of carbonyl (C=O) groups excluding carboxylic acids is 3. The molecule has 4 atom stereocenters. The highest BCUT2D eigenvalue weighted by Crippen LogP contribution is 2.20. The second-order valence-electron chi connectivity index (χ2n) is 11.9. The number of aromatic nitrogens is 1. The molecule has 0 saturated carbocycles. The quantitative estimate of drug-likeness (QED) is 0.106. The number of phenolic OH excluding ortho intramolecular Hbond substituents is 1. The molecule has 0 bridgehead atoms. The molecular formula is C35H41N5O6. The van der Waals surface area contributed by atoms with Crippen molar-refractivity contribution in [1.29, 1.82) is 0 Å². The fourth-order valence-corrected chi connectivity index (χ4v) is 5.28. The number of fused-ring (bicyclic) bond motifs is 1. The summed E-state index contributed by atoms with van der Waals surface area (Å²) in [6.07, 6.45) is 2.32. The van der Waals surface area contributed by atoms with Gasteiger partial charge in [0.25, 0.3) is 0 Å². The molecular weight excluding hydrogens is 586 g/mol. The molecule has 4 aromatic rings. The Kier molecular flexibility index (Phi) is 11.5. The third-order valence-corrected chi connectivity index (χ3v) is 7.70. The van der Waals surface area contributed by atoms with E-state index in [1.165, 1.54) is 12.1 Å². The van der Waals surface area contributed by atoms with Crippen LogP contribution in [0.4, 0.5) is 0 Å². The standard InChI is InChI=1S/C35H41N5O6/c1-21(2)16-31(35(45)46)40-33(43)29(18-23-12-14-25(41)15-13-23)39-34(44)30(19-24-20-37-28-11-7-6-10-26(24)28)38-32(42)27(36)17-22-8-4-3-5-9-22/h3-15,20-21,27,29-31,37,41H,16-19,36H2,1-2H3,(H,38,42)(H,39,44)(H,40,43)(H,45,46). The van der Waals surface area contributed by atoms with Crippen LogP contribution in [0.5, 0.6) is 5.75 Å². The number of amides is 3. The summed E-state index contributed by atoms with van der Waals surface area (Å²) in [6, 6.07) is 18.6. The summed E-state index contributed by atoms with van der Waals surface area (Å²) in [5.41, 5.74) is 9.38. The van der Waals surface area contributed by atoms with E-state index in [1.807, 2.05) is 68.4 Å². The second kappa shape index (κ2) is 15.7. The first-order valence-electron chi connectivity index (χ1n) is 15.3. The van der Waals surface area contributed by atoms with Crippen LogP contribution in [0.15, 0.2) is 85.1 Å². The van der Waals surface area contributed by atoms with Crippen molar-refractivity contribution in [2.45, 2.75) is 63.7 Å². The van der Waals surface area contributed by atoms with Crippen LogP contribution in [0.2, 0.25) is 0 Å². The number of para-hydroxylation sites is 1. The Bertz CT molecular complexity index is 1640. The Labute approximate surface area is 267 Å². The van der Waals surface area contributed by atoms with Gasteiger partial charge in [0.05, 0.1) is 6.04 Å². The lowest BCUT2D eigenvalue weighted by atomic mass is 10.00. The summed E-state index contributed by atoms with van der Waals surface area (Å²) in [5.74, 6) is -3.03. The zero-order valence-electron chi connectivity index (χ0n) is 25.9. The Balaban J connectivity index is 1.60. The van der Waals surface area contributed by atoms with Crippen molar-refractivity contribution in [2.75, 3.05) is 0 Å². The van der Waals surface area contributed by atoms with Crippen LogP contribution in [0.3, 0.4) is 0 Å². The number of aromatic amines is 1. The van der Waals surface area contributed by atoms with Gasteiger partial charge in [-0.1, -0.05) is 74.5 Å². The zero-order valence-corrected chi connectivity index (χ0v) is 25.9. The van der Waals surface area contributed by atoms with Gasteiger partial charge >= 0.3 is 5.97 Å². The lowest BCUT2D eigenvalue weighted by Gasteiger charge is -2.26. The third kappa shape index (κ3) is 9.42. The number of benzene rings is 3. The van der Waals surface area contributed by atoms with Crippen molar-refractivity contribution < 1.29 is 29.4 Å². The van der Waals surface area contributed by atoms with E-state index in [-0.39, 0.29) is 37.4 Å². The molecule has 0 saturated heterocycles. The Morgan fingerprint density at radius 2 is 1.28 bits per heavy atom. The highest BCUT2D eigenvalue weighted by atomic mass is 16.4. The van der Waals surface area contributed by atoms with E-state index in [9.17, 15) is 29.4 Å². The molecule has 0 aliphatic rings. The van der Waals surface area contributed by atoms with Crippen LogP contribution < -0.4 is 21.7 Å². The third-order valence-electron chi connectivity index (χ3n) is 7.70. The number of aromatic hydroxyl groups is 1. The van der Waals surface area contributed by atoms with E-state index in [0.717, 1.165) is 22.0 Å². The number of hydrogen-bond donors (Lipinski definition) is 7. The van der Waals surface area contributed by atoms with Gasteiger partial charge in [-0.05, 0) is 53.6 Å². The molecule has 46 heavy (non-hydrogen) atoms. The van der Waals surface area contributed by atoms with Gasteiger partial charge in [-0.15, -0.1) is 0 Å². The van der Waals surface area contributed by atoms with E-state index in [0.29, 0.717) is 5.56 Å². The molecule has 11 nitrogen and oxygen atoms in total. The van der Waals surface area contributed by atoms with Crippen molar-refractivity contribution >= 4 is 34.6 Å². The molecule has 0 radical (unpaired) electrons. The molecule has 11 heteroatoms. The van der Waals surface area contributed by atoms with E-state index < -0.39 is 47.9 Å². The molecule has 3 amide bonds. The average molecular weight is 628 g/mol. The normalized spacial score (nSPS) is 13.8. The van der Waals surface area contributed by atoms with Crippen molar-refractivity contribution in [2.24, 2.45) is 11.7 Å². The van der Waals surface area contributed by atoms with Crippen LogP contribution >= 0.6 is 0 Å². The number of H-pyrrole nitrogens is 1. The minimum Gasteiger partial charge on any atom is -0.508 e. The van der Waals surface area contributed by atoms with Crippen LogP contribution in [0.1, 0.15) is 37.0 Å². The molecule has 1 aromatic heterocycles. The van der Waals surface area contributed by atoms with Crippen molar-refractivity contribution in [3.05, 3.63) is 102 Å². The summed E-state index contributed by atoms with van der Waals surface area (Å²) >= 11 is 0. The molecule has 4 rings (SSSR count). The molecule has 0 spiro atoms. The number of aliphatic carboxylic acids is 1. The molecule has 4 unspecified atom stereocenters. The predicted molar refractivity (Wildman–Crippen MR) is 175 cm³/mol. The lowest BCUT2D eigenvalue weighted by molar-refractivity contribution is -0.142. The number of nitrogens with one attached hydrogen (secondary N) is 4. The van der Waals surface area contributed by atoms with Gasteiger partial charge in [0, 0.05) is 29.9 Å². The highest BCUT2D eigenvalue weighted by Gasteiger charge is 2.31. The largest absolute Gasteiger partial charge is 0.508 e. The van der Waals surface area contributed by atoms with Crippen molar-refractivity contribution in [1.82, 2.24) is 20.9 Å². The number of phenols is 1. The van der Waals surface area contributed by atoms with Gasteiger partial charge in [-0.25, -0.2) is 4.79 Å². The lowest BCUT2D eigenvalue weighted by Crippen LogP contribution is -2.58. The maximum atomic E-state index is 14.0. The summed E-state index contributed by atoms with van der Waals surface area (Å²) in [7, 11) is 0. The minimum absolute atomic E-state index is 0.00709. The molecule has 3 aromatic carbocycles. The first-order valence-corrected chi connectivity index (χ1v) is 15.3. The first-order chi connectivity index (χ1) is 22.0. The number of carbonyl (C=O) groups is 4. The number of nitrogens with two attached hydrogens (primary N) is 1. The summed E-state index contributed by atoms with van der Waals surface area (Å²) in [6.45, 7) is 3.69. The average Bonchev–Trinajstić information content (AvgIpc) is 3.43. The van der Waals surface area contributed by atoms with Crippen molar-refractivity contribution in [3.63, 3.8) is 0 Å². The molecule has 8 N–H and O–H groups in total. The van der Waals surface area contributed by atoms with Gasteiger partial charge in [0.2, 0.25) is 17.7 Å². The van der Waals surface area contributed by atoms with Crippen LogP contribution in [-0.4, -0.2) is 63.1 Å². The Hall–Kier alpha value is -5.16. The molecule has 0 aliphatic heterocycles. The van der Waals surface area contributed by atoms with Crippen LogP contribution in [0, 0.1) is 5.92 Å². The topological polar surface area (TPSA) is 187 Å². The Morgan fingerprint density at radius 3 is 1.93 bits per heavy atom. The van der Waals surface area contributed by atoms with E-state index >= 15 is 0 Å². The predicted octanol–water partition coefficient (Wildman–Crippen LogP) is 2.81. The fourth-order valence-electron chi connectivity index (χ4n) is 5.28. The molecule has 0 fully saturated rings. The van der Waals surface area contributed by atoms with Crippen LogP contribution in [0.25, 0.3) is 10.9 Å². The number of rotatable bonds is 15. The number of hydrogen-bond acceptors (Lipinski definition) is 6. The van der Waals surface area contributed by atoms with Gasteiger partial charge in [0.15, 0.2) is 0 Å². The van der Waals surface area contributed by atoms with E-state index in [2.05, 4.69) is 20.9 Å². The zero-order chi connectivity index (χ0) is 33.2. The molecule has 0 aliphatic carbocycles. The molecule has 1 heterocycles. The summed E-state index contributed by atoms with van der Waals surface area (Å²) < 4.78 is 0. The first kappa shape index (κ1) is 33.7. The minimum atomic E-state index is -1.19. The van der Waals surface area contributed by atoms with E-state index in [4.69, 9.17) is 5.73 Å². The smallest absolute Gasteiger partial charge is 0.326 e.